The monoisotopic (exact) mass is 387 g/mol. The van der Waals surface area contributed by atoms with Crippen LogP contribution in [0.1, 0.15) is 21.9 Å². The first kappa shape index (κ1) is 14.3. The second-order valence-corrected chi connectivity index (χ2v) is 8.56. The van der Waals surface area contributed by atoms with E-state index in [1.165, 1.54) is 22.1 Å². The lowest BCUT2D eigenvalue weighted by molar-refractivity contribution is -0.127. The third-order valence-electron chi connectivity index (χ3n) is 3.43. The molecule has 2 aromatic rings. The van der Waals surface area contributed by atoms with E-state index in [0.29, 0.717) is 13.1 Å². The molecule has 1 unspecified atom stereocenters. The maximum atomic E-state index is 12.0. The summed E-state index contributed by atoms with van der Waals surface area (Å²) in [6.45, 7) is 4.87. The average molecular weight is 389 g/mol. The molecular formula is C14H11BrClNOS2. The zero-order valence-corrected chi connectivity index (χ0v) is 14.4. The number of nitrogens with zero attached hydrogens (tertiary/aromatic N) is 1. The largest absolute Gasteiger partial charge is 0.333 e. The molecule has 3 heterocycles. The fourth-order valence-corrected chi connectivity index (χ4v) is 5.27. The van der Waals surface area contributed by atoms with E-state index in [9.17, 15) is 4.79 Å². The summed E-state index contributed by atoms with van der Waals surface area (Å²) in [5, 5.41) is 2.06. The molecule has 2 aromatic heterocycles. The molecule has 1 atom stereocenters. The lowest BCUT2D eigenvalue weighted by Crippen LogP contribution is -2.36. The highest BCUT2D eigenvalue weighted by Crippen LogP contribution is 2.43. The number of thiophene rings is 2. The van der Waals surface area contributed by atoms with Gasteiger partial charge in [0.1, 0.15) is 0 Å². The van der Waals surface area contributed by atoms with Crippen molar-refractivity contribution in [3.8, 4) is 0 Å². The van der Waals surface area contributed by atoms with Crippen LogP contribution < -0.4 is 0 Å². The Morgan fingerprint density at radius 3 is 3.00 bits per heavy atom. The maximum absolute atomic E-state index is 12.0. The van der Waals surface area contributed by atoms with E-state index in [1.54, 1.807) is 22.7 Å². The Labute approximate surface area is 138 Å². The second-order valence-electron chi connectivity index (χ2n) is 4.55. The minimum Gasteiger partial charge on any atom is -0.333 e. The molecule has 0 saturated heterocycles. The molecule has 0 spiro atoms. The summed E-state index contributed by atoms with van der Waals surface area (Å²) in [5.74, 6) is 0.142. The van der Waals surface area contributed by atoms with Gasteiger partial charge in [0.2, 0.25) is 5.91 Å². The molecule has 0 saturated carbocycles. The smallest absolute Gasteiger partial charge is 0.246 e. The molecule has 0 radical (unpaired) electrons. The SMILES string of the molecule is C=CC(=O)N1Cc2sc(Cl)cc2C(c2ccsc2Br)C1. The summed E-state index contributed by atoms with van der Waals surface area (Å²) in [5.41, 5.74) is 2.46. The molecule has 0 aromatic carbocycles. The minimum atomic E-state index is -0.0310. The molecular weight excluding hydrogens is 378 g/mol. The second kappa shape index (κ2) is 5.64. The van der Waals surface area contributed by atoms with Gasteiger partial charge in [0.05, 0.1) is 14.7 Å². The molecule has 1 aliphatic rings. The summed E-state index contributed by atoms with van der Waals surface area (Å²) >= 11 is 13.0. The zero-order chi connectivity index (χ0) is 14.3. The van der Waals surface area contributed by atoms with Gasteiger partial charge >= 0.3 is 0 Å². The van der Waals surface area contributed by atoms with Crippen LogP contribution in [0.2, 0.25) is 4.34 Å². The summed E-state index contributed by atoms with van der Waals surface area (Å²) in [7, 11) is 0. The number of rotatable bonds is 2. The standard InChI is InChI=1S/C14H11BrClNOS2/c1-2-13(18)17-6-10(8-3-4-19-14(8)15)9-5-12(16)20-11(9)7-17/h2-5,10H,1,6-7H2. The van der Waals surface area contributed by atoms with Gasteiger partial charge in [0, 0.05) is 17.3 Å². The lowest BCUT2D eigenvalue weighted by Gasteiger charge is -2.32. The van der Waals surface area contributed by atoms with Crippen LogP contribution in [0.3, 0.4) is 0 Å². The van der Waals surface area contributed by atoms with Gasteiger partial charge in [0.15, 0.2) is 0 Å². The van der Waals surface area contributed by atoms with Gasteiger partial charge in [0.25, 0.3) is 0 Å². The number of hydrogen-bond donors (Lipinski definition) is 0. The van der Waals surface area contributed by atoms with Crippen molar-refractivity contribution in [2.45, 2.75) is 12.5 Å². The molecule has 6 heteroatoms. The van der Waals surface area contributed by atoms with E-state index >= 15 is 0 Å². The normalized spacial score (nSPS) is 17.9. The molecule has 1 amide bonds. The first-order valence-electron chi connectivity index (χ1n) is 6.02. The van der Waals surface area contributed by atoms with Gasteiger partial charge in [-0.25, -0.2) is 0 Å². The molecule has 1 aliphatic heterocycles. The molecule has 0 aliphatic carbocycles. The number of amides is 1. The summed E-state index contributed by atoms with van der Waals surface area (Å²) in [4.78, 5) is 15.0. The highest BCUT2D eigenvalue weighted by Gasteiger charge is 2.31. The third-order valence-corrected chi connectivity index (χ3v) is 6.43. The van der Waals surface area contributed by atoms with Crippen LogP contribution >= 0.6 is 50.2 Å². The van der Waals surface area contributed by atoms with Crippen molar-refractivity contribution in [3.63, 3.8) is 0 Å². The van der Waals surface area contributed by atoms with Crippen LogP contribution in [-0.2, 0) is 11.3 Å². The van der Waals surface area contributed by atoms with Crippen molar-refractivity contribution in [1.82, 2.24) is 4.90 Å². The van der Waals surface area contributed by atoms with Crippen molar-refractivity contribution >= 4 is 56.1 Å². The van der Waals surface area contributed by atoms with E-state index in [2.05, 4.69) is 34.0 Å². The molecule has 0 N–H and O–H groups in total. The molecule has 2 nitrogen and oxygen atoms in total. The summed E-state index contributed by atoms with van der Waals surface area (Å²) in [6, 6.07) is 4.14. The van der Waals surface area contributed by atoms with Gasteiger partial charge in [-0.3, -0.25) is 4.79 Å². The highest BCUT2D eigenvalue weighted by atomic mass is 79.9. The van der Waals surface area contributed by atoms with Gasteiger partial charge < -0.3 is 4.90 Å². The number of hydrogen-bond acceptors (Lipinski definition) is 3. The molecule has 3 rings (SSSR count). The Morgan fingerprint density at radius 2 is 2.35 bits per heavy atom. The van der Waals surface area contributed by atoms with Crippen molar-refractivity contribution < 1.29 is 4.79 Å². The van der Waals surface area contributed by atoms with Crippen LogP contribution in [-0.4, -0.2) is 17.4 Å². The zero-order valence-electron chi connectivity index (χ0n) is 10.4. The number of carbonyl (C=O) groups excluding carboxylic acids is 1. The Kier molecular flexibility index (Phi) is 4.04. The van der Waals surface area contributed by atoms with Crippen LogP contribution in [0.4, 0.5) is 0 Å². The number of carbonyl (C=O) groups is 1. The molecule has 0 fully saturated rings. The number of fused-ring (bicyclic) bond motifs is 1. The minimum absolute atomic E-state index is 0.0310. The Bertz CT molecular complexity index is 679. The van der Waals surface area contributed by atoms with Gasteiger partial charge in [-0.15, -0.1) is 22.7 Å². The lowest BCUT2D eigenvalue weighted by atomic mass is 9.90. The summed E-state index contributed by atoms with van der Waals surface area (Å²) < 4.78 is 1.89. The third kappa shape index (κ3) is 2.48. The quantitative estimate of drug-likeness (QED) is 0.671. The first-order valence-corrected chi connectivity index (χ1v) is 8.89. The fraction of sp³-hybridized carbons (Fsp3) is 0.214. The molecule has 20 heavy (non-hydrogen) atoms. The summed E-state index contributed by atoms with van der Waals surface area (Å²) in [6.07, 6.45) is 1.37. The average Bonchev–Trinajstić information content (AvgIpc) is 3.01. The first-order chi connectivity index (χ1) is 9.60. The van der Waals surface area contributed by atoms with Gasteiger partial charge in [-0.1, -0.05) is 18.2 Å². The van der Waals surface area contributed by atoms with Crippen molar-refractivity contribution in [1.29, 1.82) is 0 Å². The van der Waals surface area contributed by atoms with Crippen LogP contribution in [0.25, 0.3) is 0 Å². The maximum Gasteiger partial charge on any atom is 0.246 e. The predicted octanol–water partition coefficient (Wildman–Crippen LogP) is 4.89. The molecule has 0 bridgehead atoms. The fourth-order valence-electron chi connectivity index (χ4n) is 2.50. The van der Waals surface area contributed by atoms with Crippen molar-refractivity contribution in [2.24, 2.45) is 0 Å². The topological polar surface area (TPSA) is 20.3 Å². The van der Waals surface area contributed by atoms with Crippen molar-refractivity contribution in [3.05, 3.63) is 54.3 Å². The van der Waals surface area contributed by atoms with E-state index in [-0.39, 0.29) is 11.8 Å². The Morgan fingerprint density at radius 1 is 1.55 bits per heavy atom. The predicted molar refractivity (Wildman–Crippen MR) is 88.8 cm³/mol. The van der Waals surface area contributed by atoms with Crippen LogP contribution in [0, 0.1) is 0 Å². The molecule has 104 valence electrons. The van der Waals surface area contributed by atoms with Gasteiger partial charge in [-0.2, -0.15) is 0 Å². The van der Waals surface area contributed by atoms with Gasteiger partial charge in [-0.05, 0) is 50.6 Å². The highest BCUT2D eigenvalue weighted by molar-refractivity contribution is 9.11. The van der Waals surface area contributed by atoms with Crippen LogP contribution in [0.5, 0.6) is 0 Å². The Balaban J connectivity index is 2.06. The van der Waals surface area contributed by atoms with Crippen LogP contribution in [0.15, 0.2) is 34.0 Å². The van der Waals surface area contributed by atoms with E-state index < -0.39 is 0 Å². The number of halogens is 2. The Hall–Kier alpha value is -0.620. The van der Waals surface area contributed by atoms with E-state index in [4.69, 9.17) is 11.6 Å². The van der Waals surface area contributed by atoms with E-state index in [0.717, 1.165) is 8.12 Å². The van der Waals surface area contributed by atoms with Crippen molar-refractivity contribution in [2.75, 3.05) is 6.54 Å². The van der Waals surface area contributed by atoms with E-state index in [1.807, 2.05) is 11.0 Å².